The fourth-order valence-corrected chi connectivity index (χ4v) is 3.57. The summed E-state index contributed by atoms with van der Waals surface area (Å²) < 4.78 is 12.8. The highest BCUT2D eigenvalue weighted by Gasteiger charge is 2.29. The average molecular weight is 442 g/mol. The third-order valence-corrected chi connectivity index (χ3v) is 5.21. The molecule has 156 valence electrons. The highest BCUT2D eigenvalue weighted by atomic mass is 35.5. The molecule has 10 heteroatoms. The van der Waals surface area contributed by atoms with Crippen LogP contribution < -0.4 is 9.47 Å². The maximum atomic E-state index is 13.0. The number of hydrogen-bond donors (Lipinski definition) is 1. The molecule has 8 nitrogen and oxygen atoms in total. The van der Waals surface area contributed by atoms with Crippen LogP contribution in [0, 0.1) is 6.92 Å². The molecule has 0 spiro atoms. The lowest BCUT2D eigenvalue weighted by Crippen LogP contribution is -2.28. The van der Waals surface area contributed by atoms with Crippen molar-refractivity contribution in [2.75, 3.05) is 13.1 Å². The number of carbonyl (C=O) groups excluding carboxylic acids is 1. The summed E-state index contributed by atoms with van der Waals surface area (Å²) in [6.45, 7) is 4.51. The van der Waals surface area contributed by atoms with Gasteiger partial charge in [0.2, 0.25) is 5.88 Å². The second-order valence-electron chi connectivity index (χ2n) is 6.80. The summed E-state index contributed by atoms with van der Waals surface area (Å²) in [5.41, 5.74) is 0.905. The lowest BCUT2D eigenvalue weighted by atomic mass is 10.2. The standard InChI is InChI=1S/C19H21Cl2N3O5/c1-10-16(17(25)24-6-4-5-7-24)18(23(3)22-10)29-15-9-14(12(20)8-13(15)21)28-11(2)19(26)27/h8-9,11H,4-7H2,1-3H3,(H,26,27)/t11-/m0/s1. The lowest BCUT2D eigenvalue weighted by molar-refractivity contribution is -0.144. The molecule has 3 rings (SSSR count). The number of likely N-dealkylation sites (tertiary alicyclic amines) is 1. The van der Waals surface area contributed by atoms with Crippen LogP contribution in [0.2, 0.25) is 10.0 Å². The number of aliphatic carboxylic acids is 1. The first-order valence-corrected chi connectivity index (χ1v) is 9.84. The monoisotopic (exact) mass is 441 g/mol. The van der Waals surface area contributed by atoms with Gasteiger partial charge >= 0.3 is 5.97 Å². The first-order valence-electron chi connectivity index (χ1n) is 9.08. The molecule has 1 amide bonds. The van der Waals surface area contributed by atoms with Gasteiger partial charge in [-0.2, -0.15) is 5.10 Å². The highest BCUT2D eigenvalue weighted by Crippen LogP contribution is 2.39. The molecule has 2 aromatic rings. The van der Waals surface area contributed by atoms with Crippen molar-refractivity contribution < 1.29 is 24.2 Å². The van der Waals surface area contributed by atoms with Crippen molar-refractivity contribution in [1.82, 2.24) is 14.7 Å². The number of carboxylic acids is 1. The van der Waals surface area contributed by atoms with Gasteiger partial charge in [0.15, 0.2) is 11.9 Å². The fraction of sp³-hybridized carbons (Fsp3) is 0.421. The summed E-state index contributed by atoms with van der Waals surface area (Å²) in [7, 11) is 1.66. The Kier molecular flexibility index (Phi) is 6.24. The molecule has 1 aromatic heterocycles. The van der Waals surface area contributed by atoms with Gasteiger partial charge in [0.1, 0.15) is 11.3 Å². The number of carbonyl (C=O) groups is 2. The fourth-order valence-electron chi connectivity index (χ4n) is 3.10. The zero-order valence-corrected chi connectivity index (χ0v) is 17.8. The van der Waals surface area contributed by atoms with Gasteiger partial charge in [0.05, 0.1) is 15.7 Å². The SMILES string of the molecule is Cc1nn(C)c(Oc2cc(O[C@@H](C)C(=O)O)c(Cl)cc2Cl)c1C(=O)N1CCCC1. The Morgan fingerprint density at radius 2 is 1.79 bits per heavy atom. The molecule has 0 radical (unpaired) electrons. The Bertz CT molecular complexity index is 954. The summed E-state index contributed by atoms with van der Waals surface area (Å²) in [5, 5.41) is 13.7. The minimum atomic E-state index is -1.14. The molecule has 2 heterocycles. The molecular weight excluding hydrogens is 421 g/mol. The van der Waals surface area contributed by atoms with Gasteiger partial charge in [-0.1, -0.05) is 23.2 Å². The molecule has 1 fully saturated rings. The second-order valence-corrected chi connectivity index (χ2v) is 7.62. The minimum Gasteiger partial charge on any atom is -0.479 e. The predicted molar refractivity (Wildman–Crippen MR) is 107 cm³/mol. The molecule has 1 aliphatic rings. The Hall–Kier alpha value is -2.45. The van der Waals surface area contributed by atoms with Gasteiger partial charge in [-0.25, -0.2) is 9.48 Å². The lowest BCUT2D eigenvalue weighted by Gasteiger charge is -2.17. The van der Waals surface area contributed by atoms with Gasteiger partial charge in [-0.05, 0) is 32.8 Å². The number of rotatable bonds is 6. The Morgan fingerprint density at radius 1 is 1.17 bits per heavy atom. The van der Waals surface area contributed by atoms with E-state index < -0.39 is 12.1 Å². The van der Waals surface area contributed by atoms with Crippen LogP contribution in [0.1, 0.15) is 35.8 Å². The van der Waals surface area contributed by atoms with Crippen molar-refractivity contribution in [2.24, 2.45) is 7.05 Å². The number of benzene rings is 1. The van der Waals surface area contributed by atoms with Crippen LogP contribution in [-0.2, 0) is 11.8 Å². The molecule has 1 aliphatic heterocycles. The summed E-state index contributed by atoms with van der Waals surface area (Å²) >= 11 is 12.4. The predicted octanol–water partition coefficient (Wildman–Crippen LogP) is 3.92. The molecule has 1 N–H and O–H groups in total. The van der Waals surface area contributed by atoms with Crippen molar-refractivity contribution in [1.29, 1.82) is 0 Å². The minimum absolute atomic E-state index is 0.104. The van der Waals surface area contributed by atoms with Crippen LogP contribution in [0.3, 0.4) is 0 Å². The maximum absolute atomic E-state index is 13.0. The largest absolute Gasteiger partial charge is 0.479 e. The molecule has 1 atom stereocenters. The normalized spacial score (nSPS) is 14.7. The molecule has 29 heavy (non-hydrogen) atoms. The van der Waals surface area contributed by atoms with Crippen LogP contribution in [0.15, 0.2) is 12.1 Å². The zero-order valence-electron chi connectivity index (χ0n) is 16.2. The number of amides is 1. The number of nitrogens with zero attached hydrogens (tertiary/aromatic N) is 3. The molecule has 0 bridgehead atoms. The van der Waals surface area contributed by atoms with Gasteiger partial charge in [0.25, 0.3) is 5.91 Å². The topological polar surface area (TPSA) is 93.9 Å². The third kappa shape index (κ3) is 4.43. The number of carboxylic acid groups (broad SMARTS) is 1. The highest BCUT2D eigenvalue weighted by molar-refractivity contribution is 6.36. The Morgan fingerprint density at radius 3 is 2.41 bits per heavy atom. The van der Waals surface area contributed by atoms with E-state index in [2.05, 4.69) is 5.10 Å². The number of hydrogen-bond acceptors (Lipinski definition) is 5. The first-order chi connectivity index (χ1) is 13.7. The van der Waals surface area contributed by atoms with Crippen molar-refractivity contribution >= 4 is 35.1 Å². The number of aryl methyl sites for hydroxylation is 2. The molecular formula is C19H21Cl2N3O5. The van der Waals surface area contributed by atoms with E-state index in [1.807, 2.05) is 0 Å². The Labute approximate surface area is 177 Å². The van der Waals surface area contributed by atoms with E-state index in [0.717, 1.165) is 12.8 Å². The third-order valence-electron chi connectivity index (χ3n) is 4.62. The van der Waals surface area contributed by atoms with E-state index in [0.29, 0.717) is 24.3 Å². The van der Waals surface area contributed by atoms with E-state index in [-0.39, 0.29) is 33.3 Å². The van der Waals surface area contributed by atoms with Crippen LogP contribution >= 0.6 is 23.2 Å². The zero-order chi connectivity index (χ0) is 21.3. The molecule has 0 saturated carbocycles. The quantitative estimate of drug-likeness (QED) is 0.729. The van der Waals surface area contributed by atoms with Crippen molar-refractivity contribution in [3.8, 4) is 17.4 Å². The van der Waals surface area contributed by atoms with E-state index in [1.54, 1.807) is 18.9 Å². The van der Waals surface area contributed by atoms with Crippen LogP contribution in [0.5, 0.6) is 17.4 Å². The van der Waals surface area contributed by atoms with Gasteiger partial charge < -0.3 is 19.5 Å². The van der Waals surface area contributed by atoms with Crippen molar-refractivity contribution in [3.63, 3.8) is 0 Å². The van der Waals surface area contributed by atoms with Gasteiger partial charge in [0, 0.05) is 26.2 Å². The van der Waals surface area contributed by atoms with Crippen LogP contribution in [0.25, 0.3) is 0 Å². The van der Waals surface area contributed by atoms with Crippen molar-refractivity contribution in [3.05, 3.63) is 33.4 Å². The first kappa shape index (κ1) is 21.3. The van der Waals surface area contributed by atoms with E-state index in [1.165, 1.54) is 23.7 Å². The number of aromatic nitrogens is 2. The average Bonchev–Trinajstić information content (AvgIpc) is 3.27. The molecule has 1 saturated heterocycles. The van der Waals surface area contributed by atoms with Gasteiger partial charge in [-0.3, -0.25) is 4.79 Å². The second kappa shape index (κ2) is 8.51. The van der Waals surface area contributed by atoms with Crippen LogP contribution in [-0.4, -0.2) is 50.9 Å². The van der Waals surface area contributed by atoms with Crippen molar-refractivity contribution in [2.45, 2.75) is 32.8 Å². The molecule has 1 aromatic carbocycles. The molecule has 0 aliphatic carbocycles. The summed E-state index contributed by atoms with van der Waals surface area (Å²) in [6.07, 6.45) is 0.812. The van der Waals surface area contributed by atoms with Gasteiger partial charge in [-0.15, -0.1) is 0 Å². The summed E-state index contributed by atoms with van der Waals surface area (Å²) in [4.78, 5) is 25.8. The molecule has 0 unspecified atom stereocenters. The summed E-state index contributed by atoms with van der Waals surface area (Å²) in [6, 6.07) is 2.80. The number of ether oxygens (including phenoxy) is 2. The van der Waals surface area contributed by atoms with E-state index in [4.69, 9.17) is 37.8 Å². The number of halogens is 2. The maximum Gasteiger partial charge on any atom is 0.344 e. The van der Waals surface area contributed by atoms with E-state index in [9.17, 15) is 9.59 Å². The van der Waals surface area contributed by atoms with Crippen LogP contribution in [0.4, 0.5) is 0 Å². The summed E-state index contributed by atoms with van der Waals surface area (Å²) in [5.74, 6) is -0.779. The smallest absolute Gasteiger partial charge is 0.344 e. The Balaban J connectivity index is 1.96. The van der Waals surface area contributed by atoms with E-state index >= 15 is 0 Å².